The maximum atomic E-state index is 11.0. The molecule has 6 nitrogen and oxygen atoms in total. The van der Waals surface area contributed by atoms with E-state index in [1.807, 2.05) is 20.8 Å². The van der Waals surface area contributed by atoms with E-state index in [4.69, 9.17) is 16.2 Å². The lowest BCUT2D eigenvalue weighted by atomic mass is 10.2. The predicted molar refractivity (Wildman–Crippen MR) is 71.3 cm³/mol. The first-order valence-electron chi connectivity index (χ1n) is 5.70. The normalized spacial score (nSPS) is 12.9. The van der Waals surface area contributed by atoms with Crippen LogP contribution < -0.4 is 21.5 Å². The van der Waals surface area contributed by atoms with Crippen molar-refractivity contribution in [3.63, 3.8) is 0 Å². The van der Waals surface area contributed by atoms with E-state index in [2.05, 4.69) is 10.3 Å². The molecule has 1 heterocycles. The van der Waals surface area contributed by atoms with Crippen molar-refractivity contribution in [2.75, 3.05) is 11.1 Å². The number of ether oxygens (including phenoxy) is 1. The molecule has 6 heteroatoms. The molecule has 5 N–H and O–H groups in total. The van der Waals surface area contributed by atoms with Crippen molar-refractivity contribution in [1.29, 1.82) is 0 Å². The van der Waals surface area contributed by atoms with Crippen LogP contribution in [0.15, 0.2) is 12.1 Å². The van der Waals surface area contributed by atoms with E-state index < -0.39 is 17.6 Å². The summed E-state index contributed by atoms with van der Waals surface area (Å²) in [4.78, 5) is 15.2. The van der Waals surface area contributed by atoms with Gasteiger partial charge in [-0.3, -0.25) is 4.79 Å². The number of nitrogens with one attached hydrogen (secondary N) is 1. The van der Waals surface area contributed by atoms with Gasteiger partial charge in [-0.25, -0.2) is 0 Å². The molecule has 0 aliphatic carbocycles. The minimum Gasteiger partial charge on any atom is -0.470 e. The third-order valence-corrected chi connectivity index (χ3v) is 2.08. The summed E-state index contributed by atoms with van der Waals surface area (Å²) in [6.45, 7) is 7.37. The quantitative estimate of drug-likeness (QED) is 0.745. The van der Waals surface area contributed by atoms with Crippen molar-refractivity contribution in [3.05, 3.63) is 12.1 Å². The van der Waals surface area contributed by atoms with Crippen molar-refractivity contribution in [2.45, 2.75) is 39.3 Å². The number of nitrogens with two attached hydrogens (primary N) is 2. The third-order valence-electron chi connectivity index (χ3n) is 2.08. The Morgan fingerprint density at radius 1 is 1.44 bits per heavy atom. The second kappa shape index (κ2) is 5.12. The Balaban J connectivity index is 2.90. The van der Waals surface area contributed by atoms with Gasteiger partial charge in [0.05, 0.1) is 5.69 Å². The summed E-state index contributed by atoms with van der Waals surface area (Å²) >= 11 is 0. The highest BCUT2D eigenvalue weighted by molar-refractivity contribution is 5.82. The number of nitrogen functional groups attached to an aromatic ring is 1. The Hall–Kier alpha value is -1.98. The molecule has 100 valence electrons. The van der Waals surface area contributed by atoms with E-state index in [1.165, 1.54) is 0 Å². The van der Waals surface area contributed by atoms with Crippen molar-refractivity contribution in [3.8, 4) is 5.88 Å². The van der Waals surface area contributed by atoms with Crippen LogP contribution in [0.5, 0.6) is 5.88 Å². The maximum absolute atomic E-state index is 11.0. The number of carbonyl (C=O) groups excluding carboxylic acids is 1. The van der Waals surface area contributed by atoms with Crippen molar-refractivity contribution < 1.29 is 9.53 Å². The van der Waals surface area contributed by atoms with Crippen LogP contribution in [0, 0.1) is 0 Å². The van der Waals surface area contributed by atoms with E-state index >= 15 is 0 Å². The lowest BCUT2D eigenvalue weighted by Gasteiger charge is -2.22. The van der Waals surface area contributed by atoms with Gasteiger partial charge in [0.15, 0.2) is 0 Å². The zero-order valence-corrected chi connectivity index (χ0v) is 11.2. The smallest absolute Gasteiger partial charge is 0.239 e. The van der Waals surface area contributed by atoms with Crippen LogP contribution in [0.2, 0.25) is 0 Å². The lowest BCUT2D eigenvalue weighted by Crippen LogP contribution is -2.33. The first-order valence-corrected chi connectivity index (χ1v) is 5.70. The molecule has 1 aromatic rings. The van der Waals surface area contributed by atoms with Gasteiger partial charge in [-0.15, -0.1) is 0 Å². The number of hydrogen-bond donors (Lipinski definition) is 3. The zero-order valence-electron chi connectivity index (χ0n) is 11.2. The molecule has 0 bridgehead atoms. The summed E-state index contributed by atoms with van der Waals surface area (Å²) in [5.41, 5.74) is 11.0. The van der Waals surface area contributed by atoms with E-state index in [0.717, 1.165) is 0 Å². The molecule has 0 aliphatic heterocycles. The van der Waals surface area contributed by atoms with E-state index in [9.17, 15) is 4.79 Å². The average Bonchev–Trinajstić information content (AvgIpc) is 2.20. The van der Waals surface area contributed by atoms with Crippen molar-refractivity contribution in [2.24, 2.45) is 5.73 Å². The van der Waals surface area contributed by atoms with Crippen LogP contribution in [0.4, 0.5) is 11.5 Å². The number of rotatable bonds is 4. The van der Waals surface area contributed by atoms with Gasteiger partial charge in [-0.2, -0.15) is 4.98 Å². The first kappa shape index (κ1) is 14.1. The molecular formula is C12H20N4O2. The van der Waals surface area contributed by atoms with Crippen LogP contribution in [0.25, 0.3) is 0 Å². The number of aromatic nitrogens is 1. The number of primary amides is 1. The third kappa shape index (κ3) is 4.12. The number of amides is 1. The summed E-state index contributed by atoms with van der Waals surface area (Å²) in [5.74, 6) is 0.380. The van der Waals surface area contributed by atoms with Crippen LogP contribution in [0.3, 0.4) is 0 Å². The molecule has 1 rings (SSSR count). The lowest BCUT2D eigenvalue weighted by molar-refractivity contribution is -0.118. The maximum Gasteiger partial charge on any atom is 0.239 e. The molecule has 1 atom stereocenters. The molecular weight excluding hydrogens is 232 g/mol. The van der Waals surface area contributed by atoms with Crippen LogP contribution >= 0.6 is 0 Å². The first-order chi connectivity index (χ1) is 8.19. The van der Waals surface area contributed by atoms with Crippen molar-refractivity contribution in [1.82, 2.24) is 4.98 Å². The van der Waals surface area contributed by atoms with E-state index in [-0.39, 0.29) is 0 Å². The zero-order chi connectivity index (χ0) is 13.9. The molecule has 0 saturated heterocycles. The van der Waals surface area contributed by atoms with Gasteiger partial charge in [0.1, 0.15) is 17.5 Å². The van der Waals surface area contributed by atoms with Gasteiger partial charge in [0.2, 0.25) is 11.8 Å². The van der Waals surface area contributed by atoms with Gasteiger partial charge in [0.25, 0.3) is 0 Å². The number of nitrogens with zero attached hydrogens (tertiary/aromatic N) is 1. The highest BCUT2D eigenvalue weighted by Crippen LogP contribution is 2.25. The monoisotopic (exact) mass is 252 g/mol. The largest absolute Gasteiger partial charge is 0.470 e. The molecule has 0 fully saturated rings. The molecule has 0 aromatic carbocycles. The summed E-state index contributed by atoms with van der Waals surface area (Å²) in [5, 5.41) is 2.87. The number of pyridine rings is 1. The Labute approximate surface area is 107 Å². The standard InChI is InChI=1S/C12H20N4O2/c1-7(10(14)17)15-9-6-5-8(13)11(16-9)18-12(2,3)4/h5-7H,13H2,1-4H3,(H2,14,17)(H,15,16). The molecule has 0 spiro atoms. The fourth-order valence-corrected chi connectivity index (χ4v) is 1.20. The Morgan fingerprint density at radius 2 is 2.06 bits per heavy atom. The number of anilines is 2. The second-order valence-corrected chi connectivity index (χ2v) is 5.07. The minimum atomic E-state index is -0.511. The van der Waals surface area contributed by atoms with E-state index in [0.29, 0.717) is 17.4 Å². The highest BCUT2D eigenvalue weighted by Gasteiger charge is 2.16. The number of carbonyl (C=O) groups is 1. The predicted octanol–water partition coefficient (Wildman–Crippen LogP) is 1.13. The summed E-state index contributed by atoms with van der Waals surface area (Å²) in [7, 11) is 0. The van der Waals surface area contributed by atoms with Crippen LogP contribution in [0.1, 0.15) is 27.7 Å². The fraction of sp³-hybridized carbons (Fsp3) is 0.500. The van der Waals surface area contributed by atoms with Gasteiger partial charge in [-0.1, -0.05) is 0 Å². The van der Waals surface area contributed by atoms with Crippen LogP contribution in [-0.4, -0.2) is 22.5 Å². The summed E-state index contributed by atoms with van der Waals surface area (Å²) < 4.78 is 5.62. The summed E-state index contributed by atoms with van der Waals surface area (Å²) in [6.07, 6.45) is 0. The van der Waals surface area contributed by atoms with Crippen LogP contribution in [-0.2, 0) is 4.79 Å². The number of hydrogen-bond acceptors (Lipinski definition) is 5. The summed E-state index contributed by atoms with van der Waals surface area (Å²) in [6, 6.07) is 2.83. The molecule has 0 aliphatic rings. The van der Waals surface area contributed by atoms with Crippen molar-refractivity contribution >= 4 is 17.4 Å². The second-order valence-electron chi connectivity index (χ2n) is 5.07. The topological polar surface area (TPSA) is 103 Å². The SMILES string of the molecule is CC(Nc1ccc(N)c(OC(C)(C)C)n1)C(N)=O. The Morgan fingerprint density at radius 3 is 2.56 bits per heavy atom. The highest BCUT2D eigenvalue weighted by atomic mass is 16.5. The average molecular weight is 252 g/mol. The Kier molecular flexibility index (Phi) is 4.00. The molecule has 18 heavy (non-hydrogen) atoms. The molecule has 1 amide bonds. The van der Waals surface area contributed by atoms with E-state index in [1.54, 1.807) is 19.1 Å². The van der Waals surface area contributed by atoms with Gasteiger partial charge in [-0.05, 0) is 39.8 Å². The van der Waals surface area contributed by atoms with Gasteiger partial charge in [0, 0.05) is 0 Å². The van der Waals surface area contributed by atoms with Gasteiger partial charge >= 0.3 is 0 Å². The van der Waals surface area contributed by atoms with Gasteiger partial charge < -0.3 is 21.5 Å². The molecule has 1 unspecified atom stereocenters. The molecule has 1 aromatic heterocycles. The molecule has 0 saturated carbocycles. The minimum absolute atomic E-state index is 0.337. The molecule has 0 radical (unpaired) electrons. The Bertz CT molecular complexity index is 440. The fourth-order valence-electron chi connectivity index (χ4n) is 1.20.